The number of alkyl halides is 3. The minimum absolute atomic E-state index is 0.149. The summed E-state index contributed by atoms with van der Waals surface area (Å²) in [5.74, 6) is -0.684. The summed E-state index contributed by atoms with van der Waals surface area (Å²) in [5, 5.41) is 0. The molecule has 1 aliphatic heterocycles. The fourth-order valence-electron chi connectivity index (χ4n) is 1.77. The topological polar surface area (TPSA) is 46.3 Å². The van der Waals surface area contributed by atoms with E-state index in [-0.39, 0.29) is 5.92 Å². The van der Waals surface area contributed by atoms with Crippen molar-refractivity contribution in [1.82, 2.24) is 4.90 Å². The molecule has 1 fully saturated rings. The first-order chi connectivity index (χ1) is 6.92. The Bertz CT molecular complexity index is 230. The first-order valence-electron chi connectivity index (χ1n) is 4.97. The molecule has 0 aromatic heterocycles. The molecule has 15 heavy (non-hydrogen) atoms. The SMILES string of the molecule is NCC1CCCN(C(=O)CC(F)(F)F)C1. The zero-order valence-corrected chi connectivity index (χ0v) is 8.39. The third kappa shape index (κ3) is 4.07. The third-order valence-electron chi connectivity index (χ3n) is 2.56. The maximum atomic E-state index is 12.0. The zero-order valence-electron chi connectivity index (χ0n) is 8.39. The van der Waals surface area contributed by atoms with E-state index in [1.807, 2.05) is 0 Å². The highest BCUT2D eigenvalue weighted by Crippen LogP contribution is 2.23. The monoisotopic (exact) mass is 224 g/mol. The predicted octanol–water partition coefficient (Wildman–Crippen LogP) is 1.14. The summed E-state index contributed by atoms with van der Waals surface area (Å²) in [4.78, 5) is 12.5. The molecule has 0 spiro atoms. The minimum atomic E-state index is -4.41. The van der Waals surface area contributed by atoms with Crippen LogP contribution in [-0.2, 0) is 4.79 Å². The lowest BCUT2D eigenvalue weighted by atomic mass is 9.98. The molecule has 1 saturated heterocycles. The molecule has 1 amide bonds. The Morgan fingerprint density at radius 3 is 2.67 bits per heavy atom. The standard InChI is InChI=1S/C9H15F3N2O/c10-9(11,12)4-8(15)14-3-1-2-7(5-13)6-14/h7H,1-6,13H2. The van der Waals surface area contributed by atoms with Crippen molar-refractivity contribution >= 4 is 5.91 Å². The molecule has 1 rings (SSSR count). The number of likely N-dealkylation sites (tertiary alicyclic amines) is 1. The fraction of sp³-hybridized carbons (Fsp3) is 0.889. The van der Waals surface area contributed by atoms with Crippen molar-refractivity contribution in [3.63, 3.8) is 0 Å². The Hall–Kier alpha value is -0.780. The highest BCUT2D eigenvalue weighted by molar-refractivity contribution is 5.76. The van der Waals surface area contributed by atoms with Gasteiger partial charge in [-0.3, -0.25) is 4.79 Å². The zero-order chi connectivity index (χ0) is 11.5. The summed E-state index contributed by atoms with van der Waals surface area (Å²) in [6.45, 7) is 1.21. The van der Waals surface area contributed by atoms with Gasteiger partial charge in [0.2, 0.25) is 5.91 Å². The molecule has 0 aliphatic carbocycles. The van der Waals surface area contributed by atoms with Crippen molar-refractivity contribution < 1.29 is 18.0 Å². The summed E-state index contributed by atoms with van der Waals surface area (Å²) >= 11 is 0. The van der Waals surface area contributed by atoms with Crippen molar-refractivity contribution in [3.05, 3.63) is 0 Å². The van der Waals surface area contributed by atoms with Crippen LogP contribution in [0.3, 0.4) is 0 Å². The third-order valence-corrected chi connectivity index (χ3v) is 2.56. The second kappa shape index (κ2) is 4.83. The van der Waals surface area contributed by atoms with E-state index in [0.717, 1.165) is 12.8 Å². The lowest BCUT2D eigenvalue weighted by Crippen LogP contribution is -2.43. The molecule has 0 aromatic carbocycles. The molecule has 1 aliphatic rings. The summed E-state index contributed by atoms with van der Waals surface area (Å²) < 4.78 is 35.9. The number of nitrogens with zero attached hydrogens (tertiary/aromatic N) is 1. The second-order valence-electron chi connectivity index (χ2n) is 3.88. The quantitative estimate of drug-likeness (QED) is 0.764. The number of amides is 1. The van der Waals surface area contributed by atoms with Gasteiger partial charge in [-0.05, 0) is 25.3 Å². The van der Waals surface area contributed by atoms with Crippen molar-refractivity contribution in [1.29, 1.82) is 0 Å². The van der Waals surface area contributed by atoms with Crippen molar-refractivity contribution in [2.45, 2.75) is 25.4 Å². The van der Waals surface area contributed by atoms with Crippen molar-refractivity contribution in [3.8, 4) is 0 Å². The summed E-state index contributed by atoms with van der Waals surface area (Å²) in [6.07, 6.45) is -4.13. The van der Waals surface area contributed by atoms with E-state index in [2.05, 4.69) is 0 Å². The van der Waals surface area contributed by atoms with Crippen molar-refractivity contribution in [2.75, 3.05) is 19.6 Å². The Kier molecular flexibility index (Phi) is 3.96. The Balaban J connectivity index is 2.45. The van der Waals surface area contributed by atoms with E-state index < -0.39 is 18.5 Å². The highest BCUT2D eigenvalue weighted by atomic mass is 19.4. The molecular weight excluding hydrogens is 209 g/mol. The van der Waals surface area contributed by atoms with Crippen LogP contribution in [0, 0.1) is 5.92 Å². The van der Waals surface area contributed by atoms with Gasteiger partial charge in [-0.15, -0.1) is 0 Å². The van der Waals surface area contributed by atoms with Gasteiger partial charge in [0.05, 0.1) is 0 Å². The molecule has 3 nitrogen and oxygen atoms in total. The van der Waals surface area contributed by atoms with Gasteiger partial charge in [-0.1, -0.05) is 0 Å². The lowest BCUT2D eigenvalue weighted by Gasteiger charge is -2.32. The first-order valence-corrected chi connectivity index (χ1v) is 4.97. The van der Waals surface area contributed by atoms with Gasteiger partial charge in [0.1, 0.15) is 6.42 Å². The van der Waals surface area contributed by atoms with Crippen molar-refractivity contribution in [2.24, 2.45) is 11.7 Å². The number of hydrogen-bond donors (Lipinski definition) is 1. The van der Waals surface area contributed by atoms with Crippen LogP contribution in [0.2, 0.25) is 0 Å². The smallest absolute Gasteiger partial charge is 0.342 e. The molecule has 0 radical (unpaired) electrons. The fourth-order valence-corrected chi connectivity index (χ4v) is 1.77. The average molecular weight is 224 g/mol. The number of carbonyl (C=O) groups excluding carboxylic acids is 1. The van der Waals surface area contributed by atoms with E-state index in [0.29, 0.717) is 19.6 Å². The highest BCUT2D eigenvalue weighted by Gasteiger charge is 2.34. The van der Waals surface area contributed by atoms with Gasteiger partial charge in [0.15, 0.2) is 0 Å². The van der Waals surface area contributed by atoms with Crippen LogP contribution in [0.15, 0.2) is 0 Å². The van der Waals surface area contributed by atoms with Gasteiger partial charge in [0, 0.05) is 13.1 Å². The number of rotatable bonds is 2. The van der Waals surface area contributed by atoms with Crippen LogP contribution < -0.4 is 5.73 Å². The first kappa shape index (κ1) is 12.3. The predicted molar refractivity (Wildman–Crippen MR) is 49.0 cm³/mol. The van der Waals surface area contributed by atoms with Crippen LogP contribution in [0.5, 0.6) is 0 Å². The van der Waals surface area contributed by atoms with E-state index >= 15 is 0 Å². The molecule has 0 aromatic rings. The molecule has 1 heterocycles. The summed E-state index contributed by atoms with van der Waals surface area (Å²) in [5.41, 5.74) is 5.43. The van der Waals surface area contributed by atoms with E-state index in [1.165, 1.54) is 4.90 Å². The number of carbonyl (C=O) groups is 1. The van der Waals surface area contributed by atoms with Crippen LogP contribution in [0.1, 0.15) is 19.3 Å². The van der Waals surface area contributed by atoms with Gasteiger partial charge >= 0.3 is 6.18 Å². The van der Waals surface area contributed by atoms with E-state index in [1.54, 1.807) is 0 Å². The molecular formula is C9H15F3N2O. The Morgan fingerprint density at radius 2 is 2.13 bits per heavy atom. The van der Waals surface area contributed by atoms with Crippen LogP contribution in [-0.4, -0.2) is 36.6 Å². The second-order valence-corrected chi connectivity index (χ2v) is 3.88. The minimum Gasteiger partial charge on any atom is -0.342 e. The molecule has 1 unspecified atom stereocenters. The van der Waals surface area contributed by atoms with Gasteiger partial charge < -0.3 is 10.6 Å². The maximum Gasteiger partial charge on any atom is 0.397 e. The number of piperidine rings is 1. The van der Waals surface area contributed by atoms with E-state index in [4.69, 9.17) is 5.73 Å². The number of halogens is 3. The molecule has 1 atom stereocenters. The van der Waals surface area contributed by atoms with E-state index in [9.17, 15) is 18.0 Å². The average Bonchev–Trinajstić information content (AvgIpc) is 2.15. The molecule has 6 heteroatoms. The molecule has 88 valence electrons. The largest absolute Gasteiger partial charge is 0.397 e. The van der Waals surface area contributed by atoms with Gasteiger partial charge in [-0.2, -0.15) is 13.2 Å². The Morgan fingerprint density at radius 1 is 1.47 bits per heavy atom. The van der Waals surface area contributed by atoms with Crippen LogP contribution in [0.25, 0.3) is 0 Å². The Labute approximate surface area is 86.4 Å². The molecule has 2 N–H and O–H groups in total. The summed E-state index contributed by atoms with van der Waals surface area (Å²) in [7, 11) is 0. The molecule has 0 bridgehead atoms. The molecule has 0 saturated carbocycles. The summed E-state index contributed by atoms with van der Waals surface area (Å²) in [6, 6.07) is 0. The lowest BCUT2D eigenvalue weighted by molar-refractivity contribution is -0.162. The van der Waals surface area contributed by atoms with Gasteiger partial charge in [0.25, 0.3) is 0 Å². The number of nitrogens with two attached hydrogens (primary N) is 1. The number of hydrogen-bond acceptors (Lipinski definition) is 2. The normalized spacial score (nSPS) is 22.9. The maximum absolute atomic E-state index is 12.0. The van der Waals surface area contributed by atoms with Gasteiger partial charge in [-0.25, -0.2) is 0 Å². The van der Waals surface area contributed by atoms with Crippen LogP contribution >= 0.6 is 0 Å². The van der Waals surface area contributed by atoms with Crippen LogP contribution in [0.4, 0.5) is 13.2 Å².